The Hall–Kier alpha value is -0.0526. The minimum Gasteiger partial charge on any atom is -0.545 e. The van der Waals surface area contributed by atoms with Crippen LogP contribution in [0.15, 0.2) is 18.2 Å². The topological polar surface area (TPSA) is 40.1 Å². The van der Waals surface area contributed by atoms with Gasteiger partial charge in [0.1, 0.15) is 5.82 Å². The molecule has 0 aliphatic rings. The number of carbonyl (C=O) groups excluding carboxylic acids is 1. The molecule has 0 atom stereocenters. The number of carboxylic acid groups (broad SMARTS) is 1. The molecule has 1 aromatic rings. The number of benzene rings is 1. The first-order chi connectivity index (χ1) is 5.11. The van der Waals surface area contributed by atoms with E-state index in [2.05, 4.69) is 0 Å². The summed E-state index contributed by atoms with van der Waals surface area (Å²) in [4.78, 5) is 10.2. The molecule has 0 spiro atoms. The average molecular weight is 272 g/mol. The Labute approximate surface area is 94.5 Å². The predicted octanol–water partition coefficient (Wildman–Crippen LogP) is -2.20. The van der Waals surface area contributed by atoms with E-state index in [1.54, 1.807) is 22.6 Å². The van der Waals surface area contributed by atoms with Crippen molar-refractivity contribution >= 4 is 28.6 Å². The van der Waals surface area contributed by atoms with Gasteiger partial charge in [0.05, 0.1) is 5.97 Å². The third-order valence-corrected chi connectivity index (χ3v) is 1.98. The number of hydrogen-bond donors (Lipinski definition) is 0. The first-order valence-electron chi connectivity index (χ1n) is 2.77. The average Bonchev–Trinajstić information content (AvgIpc) is 1.94. The van der Waals surface area contributed by atoms with E-state index in [9.17, 15) is 14.3 Å². The molecule has 0 bridgehead atoms. The number of halogens is 2. The van der Waals surface area contributed by atoms with Crippen LogP contribution in [0.25, 0.3) is 0 Å². The van der Waals surface area contributed by atoms with Crippen LogP contribution in [0.4, 0.5) is 4.39 Å². The maximum Gasteiger partial charge on any atom is 1.00 e. The number of hydrogen-bond acceptors (Lipinski definition) is 2. The van der Waals surface area contributed by atoms with Crippen LogP contribution >= 0.6 is 22.6 Å². The van der Waals surface area contributed by atoms with E-state index in [1.165, 1.54) is 12.1 Å². The van der Waals surface area contributed by atoms with Gasteiger partial charge in [0.2, 0.25) is 0 Å². The fourth-order valence-corrected chi connectivity index (χ4v) is 1.14. The van der Waals surface area contributed by atoms with Crippen LogP contribution < -0.4 is 24.0 Å². The first-order valence-corrected chi connectivity index (χ1v) is 3.85. The molecular weight excluding hydrogens is 269 g/mol. The van der Waals surface area contributed by atoms with E-state index >= 15 is 0 Å². The predicted molar refractivity (Wildman–Crippen MR) is 43.4 cm³/mol. The first kappa shape index (κ1) is 11.9. The summed E-state index contributed by atoms with van der Waals surface area (Å²) in [5.74, 6) is -1.71. The van der Waals surface area contributed by atoms with Crippen molar-refractivity contribution in [3.63, 3.8) is 0 Å². The van der Waals surface area contributed by atoms with Crippen LogP contribution in [0.1, 0.15) is 10.4 Å². The van der Waals surface area contributed by atoms with Crippen LogP contribution in [-0.4, -0.2) is 5.97 Å². The molecule has 0 radical (unpaired) electrons. The molecule has 5 heteroatoms. The normalized spacial score (nSPS) is 8.83. The van der Waals surface area contributed by atoms with Gasteiger partial charge in [-0.25, -0.2) is 4.39 Å². The summed E-state index contributed by atoms with van der Waals surface area (Å²) in [6, 6.07) is 3.50. The van der Waals surface area contributed by atoms with Crippen molar-refractivity contribution < 1.29 is 33.2 Å². The molecule has 0 aromatic heterocycles. The second-order valence-corrected chi connectivity index (χ2v) is 3.08. The maximum absolute atomic E-state index is 12.5. The number of carbonyl (C=O) groups is 1. The number of carboxylic acids is 1. The number of aromatic carboxylic acids is 1. The van der Waals surface area contributed by atoms with Crippen molar-refractivity contribution in [1.82, 2.24) is 0 Å². The smallest absolute Gasteiger partial charge is 0.545 e. The molecule has 0 N–H and O–H groups in total. The molecule has 0 saturated carbocycles. The summed E-state index contributed by atoms with van der Waals surface area (Å²) in [6.45, 7) is 0. The van der Waals surface area contributed by atoms with Crippen molar-refractivity contribution in [2.45, 2.75) is 0 Å². The van der Waals surface area contributed by atoms with E-state index in [4.69, 9.17) is 0 Å². The van der Waals surface area contributed by atoms with Crippen LogP contribution in [0, 0.1) is 9.39 Å². The van der Waals surface area contributed by atoms with Crippen LogP contribution in [-0.2, 0) is 0 Å². The summed E-state index contributed by atoms with van der Waals surface area (Å²) in [7, 11) is 0. The quantitative estimate of drug-likeness (QED) is 0.430. The van der Waals surface area contributed by atoms with E-state index in [0.29, 0.717) is 0 Å². The minimum atomic E-state index is -1.29. The van der Waals surface area contributed by atoms with E-state index in [-0.39, 0.29) is 28.0 Å². The van der Waals surface area contributed by atoms with Crippen LogP contribution in [0.5, 0.6) is 0 Å². The van der Waals surface area contributed by atoms with Gasteiger partial charge in [-0.15, -0.1) is 0 Å². The van der Waals surface area contributed by atoms with Gasteiger partial charge < -0.3 is 9.90 Å². The standard InChI is InChI=1S/C7H4FIO2.Li/c8-5-2-1-4(7(10)11)3-6(5)9;/h1-3H,(H,10,11);/q;+1/p-1. The van der Waals surface area contributed by atoms with Gasteiger partial charge in [0.25, 0.3) is 0 Å². The van der Waals surface area contributed by atoms with E-state index in [0.717, 1.165) is 6.07 Å². The third-order valence-electron chi connectivity index (χ3n) is 1.16. The van der Waals surface area contributed by atoms with E-state index in [1.807, 2.05) is 0 Å². The Morgan fingerprint density at radius 1 is 1.50 bits per heavy atom. The monoisotopic (exact) mass is 272 g/mol. The molecule has 1 aromatic carbocycles. The van der Waals surface area contributed by atoms with Gasteiger partial charge in [-0.1, -0.05) is 6.07 Å². The molecule has 0 unspecified atom stereocenters. The molecule has 0 saturated heterocycles. The van der Waals surface area contributed by atoms with Crippen molar-refractivity contribution in [3.8, 4) is 0 Å². The Balaban J connectivity index is 0.00000121. The maximum atomic E-state index is 12.5. The zero-order valence-electron chi connectivity index (χ0n) is 6.30. The van der Waals surface area contributed by atoms with Gasteiger partial charge in [0.15, 0.2) is 0 Å². The van der Waals surface area contributed by atoms with Crippen molar-refractivity contribution in [1.29, 1.82) is 0 Å². The fraction of sp³-hybridized carbons (Fsp3) is 0. The third kappa shape index (κ3) is 2.77. The molecule has 0 aliphatic carbocycles. The van der Waals surface area contributed by atoms with Gasteiger partial charge in [-0.3, -0.25) is 0 Å². The van der Waals surface area contributed by atoms with Gasteiger partial charge in [-0.2, -0.15) is 0 Å². The van der Waals surface area contributed by atoms with Gasteiger partial charge in [-0.05, 0) is 40.3 Å². The minimum absolute atomic E-state index is 0. The van der Waals surface area contributed by atoms with Gasteiger partial charge in [0, 0.05) is 3.57 Å². The molecule has 12 heavy (non-hydrogen) atoms. The SMILES string of the molecule is O=C([O-])c1ccc(F)c(I)c1.[Li+]. The molecular formula is C7H3FILiO2. The molecule has 0 amide bonds. The summed E-state index contributed by atoms with van der Waals surface area (Å²) in [5, 5.41) is 10.2. The zero-order valence-corrected chi connectivity index (χ0v) is 8.46. The summed E-state index contributed by atoms with van der Waals surface area (Å²) >= 11 is 1.72. The molecule has 0 heterocycles. The fourth-order valence-electron chi connectivity index (χ4n) is 0.623. The Bertz CT molecular complexity index is 303. The van der Waals surface area contributed by atoms with Gasteiger partial charge >= 0.3 is 18.9 Å². The van der Waals surface area contributed by atoms with Crippen molar-refractivity contribution in [3.05, 3.63) is 33.1 Å². The van der Waals surface area contributed by atoms with Crippen molar-refractivity contribution in [2.75, 3.05) is 0 Å². The Morgan fingerprint density at radius 2 is 2.08 bits per heavy atom. The Morgan fingerprint density at radius 3 is 2.50 bits per heavy atom. The Kier molecular flexibility index (Phi) is 4.83. The van der Waals surface area contributed by atoms with Crippen LogP contribution in [0.2, 0.25) is 0 Å². The van der Waals surface area contributed by atoms with E-state index < -0.39 is 11.8 Å². The summed E-state index contributed by atoms with van der Waals surface area (Å²) in [6.07, 6.45) is 0. The summed E-state index contributed by atoms with van der Waals surface area (Å²) < 4.78 is 12.8. The summed E-state index contributed by atoms with van der Waals surface area (Å²) in [5.41, 5.74) is -0.00389. The van der Waals surface area contributed by atoms with Crippen LogP contribution in [0.3, 0.4) is 0 Å². The largest absolute Gasteiger partial charge is 1.00 e. The molecule has 0 aliphatic heterocycles. The number of rotatable bonds is 1. The molecule has 2 nitrogen and oxygen atoms in total. The second-order valence-electron chi connectivity index (χ2n) is 1.92. The molecule has 0 fully saturated rings. The molecule has 1 rings (SSSR count). The van der Waals surface area contributed by atoms with Crippen molar-refractivity contribution in [2.24, 2.45) is 0 Å². The molecule has 58 valence electrons. The second kappa shape index (κ2) is 4.85. The zero-order chi connectivity index (χ0) is 8.43.